The van der Waals surface area contributed by atoms with Crippen LogP contribution in [0.4, 0.5) is 5.82 Å². The minimum atomic E-state index is 0.457. The zero-order chi connectivity index (χ0) is 8.39. The van der Waals surface area contributed by atoms with Crippen LogP contribution in [0.3, 0.4) is 0 Å². The Morgan fingerprint density at radius 2 is 2.50 bits per heavy atom. The topological polar surface area (TPSA) is 48.1 Å². The van der Waals surface area contributed by atoms with Crippen LogP contribution >= 0.6 is 0 Å². The lowest BCUT2D eigenvalue weighted by atomic mass is 9.99. The molecule has 1 aliphatic rings. The van der Waals surface area contributed by atoms with E-state index in [4.69, 9.17) is 10.5 Å². The summed E-state index contributed by atoms with van der Waals surface area (Å²) in [6.07, 6.45) is 2.78. The van der Waals surface area contributed by atoms with Crippen molar-refractivity contribution in [2.75, 3.05) is 18.9 Å². The number of hydrogen-bond acceptors (Lipinski definition) is 3. The van der Waals surface area contributed by atoms with Crippen LogP contribution in [-0.4, -0.2) is 18.2 Å². The second-order valence-corrected chi connectivity index (χ2v) is 3.04. The van der Waals surface area contributed by atoms with Crippen LogP contribution in [0.15, 0.2) is 18.3 Å². The van der Waals surface area contributed by atoms with Gasteiger partial charge >= 0.3 is 0 Å². The van der Waals surface area contributed by atoms with Crippen LogP contribution in [-0.2, 0) is 4.74 Å². The number of rotatable bonds is 1. The number of nitrogens with two attached hydrogens (primary N) is 1. The summed E-state index contributed by atoms with van der Waals surface area (Å²) in [5.74, 6) is 1.10. The molecule has 1 aromatic heterocycles. The maximum atomic E-state index is 5.73. The maximum Gasteiger partial charge on any atom is 0.126 e. The molecule has 0 bridgehead atoms. The summed E-state index contributed by atoms with van der Waals surface area (Å²) < 4.78 is 5.28. The SMILES string of the molecule is Nc1ncccc1C1CCOC1. The molecule has 3 nitrogen and oxygen atoms in total. The zero-order valence-electron chi connectivity index (χ0n) is 6.86. The van der Waals surface area contributed by atoms with E-state index < -0.39 is 0 Å². The van der Waals surface area contributed by atoms with Gasteiger partial charge in [0.05, 0.1) is 6.61 Å². The highest BCUT2D eigenvalue weighted by Crippen LogP contribution is 2.27. The molecule has 0 saturated carbocycles. The summed E-state index contributed by atoms with van der Waals surface area (Å²) in [6.45, 7) is 1.63. The van der Waals surface area contributed by atoms with Crippen molar-refractivity contribution >= 4 is 5.82 Å². The van der Waals surface area contributed by atoms with E-state index in [1.165, 1.54) is 0 Å². The van der Waals surface area contributed by atoms with Crippen LogP contribution in [0.1, 0.15) is 17.9 Å². The van der Waals surface area contributed by atoms with E-state index in [1.54, 1.807) is 6.20 Å². The van der Waals surface area contributed by atoms with Gasteiger partial charge in [-0.25, -0.2) is 4.98 Å². The predicted octanol–water partition coefficient (Wildman–Crippen LogP) is 1.17. The fourth-order valence-electron chi connectivity index (χ4n) is 1.55. The molecule has 2 heterocycles. The van der Waals surface area contributed by atoms with Crippen molar-refractivity contribution in [1.82, 2.24) is 4.98 Å². The minimum absolute atomic E-state index is 0.457. The molecular formula is C9H12N2O. The highest BCUT2D eigenvalue weighted by Gasteiger charge is 2.19. The number of hydrogen-bond donors (Lipinski definition) is 1. The molecule has 1 atom stereocenters. The van der Waals surface area contributed by atoms with Gasteiger partial charge in [0.1, 0.15) is 5.82 Å². The Morgan fingerprint density at radius 3 is 3.17 bits per heavy atom. The van der Waals surface area contributed by atoms with Gasteiger partial charge in [-0.1, -0.05) is 6.07 Å². The summed E-state index contributed by atoms with van der Waals surface area (Å²) >= 11 is 0. The molecule has 0 aliphatic carbocycles. The van der Waals surface area contributed by atoms with Gasteiger partial charge in [0.2, 0.25) is 0 Å². The van der Waals surface area contributed by atoms with Crippen LogP contribution < -0.4 is 5.73 Å². The molecule has 2 N–H and O–H groups in total. The van der Waals surface area contributed by atoms with E-state index in [2.05, 4.69) is 4.98 Å². The van der Waals surface area contributed by atoms with Gasteiger partial charge in [0.25, 0.3) is 0 Å². The molecule has 2 rings (SSSR count). The van der Waals surface area contributed by atoms with Crippen molar-refractivity contribution in [3.8, 4) is 0 Å². The number of pyridine rings is 1. The number of aromatic nitrogens is 1. The largest absolute Gasteiger partial charge is 0.383 e. The van der Waals surface area contributed by atoms with Crippen molar-refractivity contribution in [2.24, 2.45) is 0 Å². The lowest BCUT2D eigenvalue weighted by Crippen LogP contribution is -2.03. The van der Waals surface area contributed by atoms with Gasteiger partial charge in [0.15, 0.2) is 0 Å². The minimum Gasteiger partial charge on any atom is -0.383 e. The average Bonchev–Trinajstić information content (AvgIpc) is 2.57. The average molecular weight is 164 g/mol. The van der Waals surface area contributed by atoms with E-state index in [1.807, 2.05) is 12.1 Å². The molecule has 1 unspecified atom stereocenters. The molecule has 1 saturated heterocycles. The summed E-state index contributed by atoms with van der Waals surface area (Å²) in [4.78, 5) is 4.05. The first-order chi connectivity index (χ1) is 5.88. The fourth-order valence-corrected chi connectivity index (χ4v) is 1.55. The van der Waals surface area contributed by atoms with E-state index >= 15 is 0 Å². The smallest absolute Gasteiger partial charge is 0.126 e. The monoisotopic (exact) mass is 164 g/mol. The Labute approximate surface area is 71.6 Å². The normalized spacial score (nSPS) is 22.8. The molecule has 1 aliphatic heterocycles. The Morgan fingerprint density at radius 1 is 1.58 bits per heavy atom. The lowest BCUT2D eigenvalue weighted by molar-refractivity contribution is 0.194. The first kappa shape index (κ1) is 7.55. The molecule has 64 valence electrons. The van der Waals surface area contributed by atoms with Gasteiger partial charge in [-0.2, -0.15) is 0 Å². The summed E-state index contributed by atoms with van der Waals surface area (Å²) in [5, 5.41) is 0. The Kier molecular flexibility index (Phi) is 1.96. The second-order valence-electron chi connectivity index (χ2n) is 3.04. The highest BCUT2D eigenvalue weighted by atomic mass is 16.5. The van der Waals surface area contributed by atoms with Gasteiger partial charge in [-0.3, -0.25) is 0 Å². The predicted molar refractivity (Wildman–Crippen MR) is 46.8 cm³/mol. The van der Waals surface area contributed by atoms with Gasteiger partial charge < -0.3 is 10.5 Å². The Bertz CT molecular complexity index is 269. The van der Waals surface area contributed by atoms with Crippen LogP contribution in [0, 0.1) is 0 Å². The standard InChI is InChI=1S/C9H12N2O/c10-9-8(2-1-4-11-9)7-3-5-12-6-7/h1-2,4,7H,3,5-6H2,(H2,10,11). The quantitative estimate of drug-likeness (QED) is 0.677. The molecule has 1 fully saturated rings. The van der Waals surface area contributed by atoms with Crippen molar-refractivity contribution in [2.45, 2.75) is 12.3 Å². The van der Waals surface area contributed by atoms with Crippen molar-refractivity contribution in [3.63, 3.8) is 0 Å². The summed E-state index contributed by atoms with van der Waals surface area (Å²) in [6, 6.07) is 3.95. The van der Waals surface area contributed by atoms with E-state index in [0.29, 0.717) is 11.7 Å². The van der Waals surface area contributed by atoms with Crippen LogP contribution in [0.2, 0.25) is 0 Å². The number of nitrogen functional groups attached to an aromatic ring is 1. The van der Waals surface area contributed by atoms with Gasteiger partial charge in [-0.05, 0) is 18.1 Å². The Hall–Kier alpha value is -1.09. The van der Waals surface area contributed by atoms with E-state index in [9.17, 15) is 0 Å². The van der Waals surface area contributed by atoms with Gasteiger partial charge in [-0.15, -0.1) is 0 Å². The van der Waals surface area contributed by atoms with Crippen molar-refractivity contribution < 1.29 is 4.74 Å². The lowest BCUT2D eigenvalue weighted by Gasteiger charge is -2.08. The molecule has 0 amide bonds. The third-order valence-electron chi connectivity index (χ3n) is 2.24. The highest BCUT2D eigenvalue weighted by molar-refractivity contribution is 5.41. The molecular weight excluding hydrogens is 152 g/mol. The molecule has 3 heteroatoms. The van der Waals surface area contributed by atoms with Crippen LogP contribution in [0.5, 0.6) is 0 Å². The number of anilines is 1. The number of nitrogens with zero attached hydrogens (tertiary/aromatic N) is 1. The van der Waals surface area contributed by atoms with Crippen molar-refractivity contribution in [3.05, 3.63) is 23.9 Å². The third-order valence-corrected chi connectivity index (χ3v) is 2.24. The zero-order valence-corrected chi connectivity index (χ0v) is 6.86. The molecule has 12 heavy (non-hydrogen) atoms. The fraction of sp³-hybridized carbons (Fsp3) is 0.444. The van der Waals surface area contributed by atoms with E-state index in [0.717, 1.165) is 25.2 Å². The van der Waals surface area contributed by atoms with Crippen molar-refractivity contribution in [1.29, 1.82) is 0 Å². The maximum absolute atomic E-state index is 5.73. The summed E-state index contributed by atoms with van der Waals surface area (Å²) in [5.41, 5.74) is 6.87. The summed E-state index contributed by atoms with van der Waals surface area (Å²) in [7, 11) is 0. The second kappa shape index (κ2) is 3.11. The number of ether oxygens (including phenoxy) is 1. The molecule has 0 radical (unpaired) electrons. The van der Waals surface area contributed by atoms with Gasteiger partial charge in [0, 0.05) is 18.7 Å². The first-order valence-corrected chi connectivity index (χ1v) is 4.16. The van der Waals surface area contributed by atoms with Crippen LogP contribution in [0.25, 0.3) is 0 Å². The first-order valence-electron chi connectivity index (χ1n) is 4.16. The molecule has 0 spiro atoms. The Balaban J connectivity index is 2.26. The van der Waals surface area contributed by atoms with E-state index in [-0.39, 0.29) is 0 Å². The molecule has 0 aromatic carbocycles. The molecule has 1 aromatic rings. The third kappa shape index (κ3) is 1.28.